The molecule has 1 heterocycles. The van der Waals surface area contributed by atoms with Gasteiger partial charge in [-0.1, -0.05) is 24.3 Å². The third kappa shape index (κ3) is 5.85. The molecule has 7 heteroatoms. The summed E-state index contributed by atoms with van der Waals surface area (Å²) >= 11 is 0. The van der Waals surface area contributed by atoms with Crippen LogP contribution in [0.4, 0.5) is 10.5 Å². The third-order valence-corrected chi connectivity index (χ3v) is 4.57. The lowest BCUT2D eigenvalue weighted by Crippen LogP contribution is -2.35. The number of hydrogen-bond acceptors (Lipinski definition) is 4. The largest absolute Gasteiger partial charge is 0.494 e. The summed E-state index contributed by atoms with van der Waals surface area (Å²) in [6.45, 7) is 4.24. The fraction of sp³-hybridized carbons (Fsp3) is 0.261. The van der Waals surface area contributed by atoms with E-state index in [0.29, 0.717) is 30.9 Å². The van der Waals surface area contributed by atoms with Crippen molar-refractivity contribution in [2.45, 2.75) is 26.4 Å². The molecule has 0 unspecified atom stereocenters. The Morgan fingerprint density at radius 1 is 1.27 bits per heavy atom. The number of ether oxygens (including phenoxy) is 1. The van der Waals surface area contributed by atoms with E-state index in [2.05, 4.69) is 16.4 Å². The van der Waals surface area contributed by atoms with Gasteiger partial charge in [-0.25, -0.2) is 9.78 Å². The van der Waals surface area contributed by atoms with Crippen LogP contribution < -0.4 is 10.1 Å². The molecule has 154 valence electrons. The van der Waals surface area contributed by atoms with Gasteiger partial charge in [0.2, 0.25) is 0 Å². The van der Waals surface area contributed by atoms with Gasteiger partial charge in [0.1, 0.15) is 5.75 Å². The van der Waals surface area contributed by atoms with Crippen molar-refractivity contribution in [3.63, 3.8) is 0 Å². The number of amides is 2. The standard InChI is InChI=1S/C23H25N5O2/c1-2-30-22-10-4-3-8-20(22)17-28(13-6-12-27-14-11-25-18-27)23(29)26-21-9-5-7-19(15-21)16-24/h3-5,7-11,14-15,18H,2,6,12-13,17H2,1H3,(H,26,29). The first-order valence-electron chi connectivity index (χ1n) is 9.92. The molecule has 0 spiro atoms. The van der Waals surface area contributed by atoms with Crippen molar-refractivity contribution in [2.75, 3.05) is 18.5 Å². The van der Waals surface area contributed by atoms with Gasteiger partial charge in [-0.2, -0.15) is 5.26 Å². The molecular formula is C23H25N5O2. The van der Waals surface area contributed by atoms with Crippen LogP contribution in [-0.2, 0) is 13.1 Å². The number of nitrogens with one attached hydrogen (secondary N) is 1. The lowest BCUT2D eigenvalue weighted by Gasteiger charge is -2.24. The molecule has 7 nitrogen and oxygen atoms in total. The Kier molecular flexibility index (Phi) is 7.45. The lowest BCUT2D eigenvalue weighted by molar-refractivity contribution is 0.206. The van der Waals surface area contributed by atoms with Gasteiger partial charge in [0.25, 0.3) is 0 Å². The number of carbonyl (C=O) groups is 1. The number of rotatable bonds is 9. The van der Waals surface area contributed by atoms with Gasteiger partial charge in [-0.3, -0.25) is 0 Å². The molecule has 1 aromatic heterocycles. The highest BCUT2D eigenvalue weighted by Crippen LogP contribution is 2.21. The van der Waals surface area contributed by atoms with E-state index in [9.17, 15) is 4.79 Å². The SMILES string of the molecule is CCOc1ccccc1CN(CCCn1ccnc1)C(=O)Nc1cccc(C#N)c1. The van der Waals surface area contributed by atoms with Crippen molar-refractivity contribution >= 4 is 11.7 Å². The zero-order valence-corrected chi connectivity index (χ0v) is 17.0. The first-order chi connectivity index (χ1) is 14.7. The fourth-order valence-electron chi connectivity index (χ4n) is 3.12. The molecule has 0 saturated heterocycles. The Morgan fingerprint density at radius 3 is 2.90 bits per heavy atom. The van der Waals surface area contributed by atoms with Crippen molar-refractivity contribution in [3.05, 3.63) is 78.4 Å². The molecule has 0 aliphatic rings. The maximum atomic E-state index is 13.1. The van der Waals surface area contributed by atoms with Crippen LogP contribution in [0.5, 0.6) is 5.75 Å². The topological polar surface area (TPSA) is 83.2 Å². The normalized spacial score (nSPS) is 10.3. The average Bonchev–Trinajstić information content (AvgIpc) is 3.28. The number of nitriles is 1. The van der Waals surface area contributed by atoms with Crippen molar-refractivity contribution in [1.82, 2.24) is 14.5 Å². The fourth-order valence-corrected chi connectivity index (χ4v) is 3.12. The van der Waals surface area contributed by atoms with Gasteiger partial charge in [0, 0.05) is 36.7 Å². The van der Waals surface area contributed by atoms with Crippen LogP contribution in [0.1, 0.15) is 24.5 Å². The number of anilines is 1. The van der Waals surface area contributed by atoms with Gasteiger partial charge in [-0.15, -0.1) is 0 Å². The van der Waals surface area contributed by atoms with Gasteiger partial charge in [-0.05, 0) is 37.6 Å². The Bertz CT molecular complexity index is 995. The van der Waals surface area contributed by atoms with Crippen LogP contribution in [0, 0.1) is 11.3 Å². The number of hydrogen-bond donors (Lipinski definition) is 1. The molecule has 0 aliphatic carbocycles. The molecular weight excluding hydrogens is 378 g/mol. The second-order valence-corrected chi connectivity index (χ2v) is 6.74. The molecule has 0 aliphatic heterocycles. The molecule has 1 N–H and O–H groups in total. The summed E-state index contributed by atoms with van der Waals surface area (Å²) in [5.41, 5.74) is 2.04. The molecule has 0 bridgehead atoms. The molecule has 3 aromatic rings. The molecule has 2 amide bonds. The Morgan fingerprint density at radius 2 is 2.13 bits per heavy atom. The molecule has 30 heavy (non-hydrogen) atoms. The number of para-hydroxylation sites is 1. The lowest BCUT2D eigenvalue weighted by atomic mass is 10.2. The molecule has 3 rings (SSSR count). The molecule has 0 atom stereocenters. The highest BCUT2D eigenvalue weighted by molar-refractivity contribution is 5.89. The number of imidazole rings is 1. The minimum atomic E-state index is -0.220. The van der Waals surface area contributed by atoms with Crippen molar-refractivity contribution in [1.29, 1.82) is 5.26 Å². The van der Waals surface area contributed by atoms with E-state index in [-0.39, 0.29) is 6.03 Å². The van der Waals surface area contributed by atoms with Crippen molar-refractivity contribution in [2.24, 2.45) is 0 Å². The van der Waals surface area contributed by atoms with Crippen LogP contribution in [0.2, 0.25) is 0 Å². The zero-order chi connectivity index (χ0) is 21.2. The van der Waals surface area contributed by atoms with Crippen LogP contribution in [0.25, 0.3) is 0 Å². The second-order valence-electron chi connectivity index (χ2n) is 6.74. The Labute approximate surface area is 176 Å². The van der Waals surface area contributed by atoms with E-state index in [1.165, 1.54) is 0 Å². The van der Waals surface area contributed by atoms with E-state index < -0.39 is 0 Å². The maximum Gasteiger partial charge on any atom is 0.322 e. The smallest absolute Gasteiger partial charge is 0.322 e. The number of carbonyl (C=O) groups excluding carboxylic acids is 1. The second kappa shape index (κ2) is 10.7. The first-order valence-corrected chi connectivity index (χ1v) is 9.92. The van der Waals surface area contributed by atoms with E-state index in [0.717, 1.165) is 24.3 Å². The predicted molar refractivity (Wildman–Crippen MR) is 115 cm³/mol. The van der Waals surface area contributed by atoms with E-state index in [4.69, 9.17) is 10.00 Å². The maximum absolute atomic E-state index is 13.1. The highest BCUT2D eigenvalue weighted by atomic mass is 16.5. The van der Waals surface area contributed by atoms with Crippen LogP contribution in [-0.4, -0.2) is 33.6 Å². The van der Waals surface area contributed by atoms with Crippen molar-refractivity contribution < 1.29 is 9.53 Å². The highest BCUT2D eigenvalue weighted by Gasteiger charge is 2.16. The Balaban J connectivity index is 1.73. The summed E-state index contributed by atoms with van der Waals surface area (Å²) in [6.07, 6.45) is 6.19. The molecule has 0 saturated carbocycles. The van der Waals surface area contributed by atoms with E-state index in [1.54, 1.807) is 41.7 Å². The number of urea groups is 1. The molecule has 2 aromatic carbocycles. The summed E-state index contributed by atoms with van der Waals surface area (Å²) in [4.78, 5) is 18.9. The van der Waals surface area contributed by atoms with E-state index in [1.807, 2.05) is 42.0 Å². The average molecular weight is 403 g/mol. The zero-order valence-electron chi connectivity index (χ0n) is 17.0. The first kappa shape index (κ1) is 20.9. The van der Waals surface area contributed by atoms with E-state index >= 15 is 0 Å². The van der Waals surface area contributed by atoms with Crippen LogP contribution >= 0.6 is 0 Å². The number of aryl methyl sites for hydroxylation is 1. The monoisotopic (exact) mass is 403 g/mol. The van der Waals surface area contributed by atoms with Gasteiger partial charge < -0.3 is 19.5 Å². The summed E-state index contributed by atoms with van der Waals surface area (Å²) < 4.78 is 7.71. The van der Waals surface area contributed by atoms with Gasteiger partial charge >= 0.3 is 6.03 Å². The van der Waals surface area contributed by atoms with Crippen LogP contribution in [0.15, 0.2) is 67.3 Å². The number of benzene rings is 2. The molecule has 0 radical (unpaired) electrons. The summed E-state index contributed by atoms with van der Waals surface area (Å²) in [5, 5.41) is 12.0. The summed E-state index contributed by atoms with van der Waals surface area (Å²) in [6, 6.07) is 16.5. The van der Waals surface area contributed by atoms with Crippen molar-refractivity contribution in [3.8, 4) is 11.8 Å². The number of nitrogens with zero attached hydrogens (tertiary/aromatic N) is 4. The quantitative estimate of drug-likeness (QED) is 0.578. The van der Waals surface area contributed by atoms with Gasteiger partial charge in [0.15, 0.2) is 0 Å². The third-order valence-electron chi connectivity index (χ3n) is 4.57. The number of aromatic nitrogens is 2. The molecule has 0 fully saturated rings. The summed E-state index contributed by atoms with van der Waals surface area (Å²) in [5.74, 6) is 0.777. The van der Waals surface area contributed by atoms with Gasteiger partial charge in [0.05, 0.1) is 31.1 Å². The summed E-state index contributed by atoms with van der Waals surface area (Å²) in [7, 11) is 0. The Hall–Kier alpha value is -3.79. The van der Waals surface area contributed by atoms with Crippen LogP contribution in [0.3, 0.4) is 0 Å². The minimum Gasteiger partial charge on any atom is -0.494 e. The predicted octanol–water partition coefficient (Wildman–Crippen LogP) is 4.28. The minimum absolute atomic E-state index is 0.220.